The first-order valence-corrected chi connectivity index (χ1v) is 7.94. The molecule has 0 fully saturated rings. The molecule has 0 spiro atoms. The molecule has 0 atom stereocenters. The molecule has 2 aromatic carbocycles. The van der Waals surface area contributed by atoms with Crippen molar-refractivity contribution < 1.29 is 9.53 Å². The molecule has 4 nitrogen and oxygen atoms in total. The zero-order chi connectivity index (χ0) is 15.8. The second-order valence-electron chi connectivity index (χ2n) is 4.57. The van der Waals surface area contributed by atoms with E-state index in [1.54, 1.807) is 36.0 Å². The first-order chi connectivity index (χ1) is 10.7. The van der Waals surface area contributed by atoms with Crippen molar-refractivity contribution in [1.82, 2.24) is 0 Å². The van der Waals surface area contributed by atoms with E-state index in [4.69, 9.17) is 15.7 Å². The molecule has 0 aliphatic heterocycles. The third-order valence-corrected chi connectivity index (χ3v) is 3.97. The van der Waals surface area contributed by atoms with Gasteiger partial charge in [0.15, 0.2) is 0 Å². The Kier molecular flexibility index (Phi) is 5.87. The molecule has 0 aliphatic carbocycles. The number of nitrogens with two attached hydrogens (primary N) is 1. The van der Waals surface area contributed by atoms with Gasteiger partial charge in [-0.3, -0.25) is 4.79 Å². The van der Waals surface area contributed by atoms with Crippen LogP contribution < -0.4 is 10.5 Å². The first-order valence-electron chi connectivity index (χ1n) is 6.79. The Morgan fingerprint density at radius 1 is 1.23 bits per heavy atom. The molecule has 0 aliphatic rings. The lowest BCUT2D eigenvalue weighted by Crippen LogP contribution is -2.10. The average molecular weight is 312 g/mol. The highest BCUT2D eigenvalue weighted by atomic mass is 32.2. The van der Waals surface area contributed by atoms with E-state index in [-0.39, 0.29) is 0 Å². The van der Waals surface area contributed by atoms with Crippen LogP contribution in [0.1, 0.15) is 21.5 Å². The predicted molar refractivity (Wildman–Crippen MR) is 87.8 cm³/mol. The number of para-hydroxylation sites is 1. The minimum atomic E-state index is -0.414. The third-order valence-electron chi connectivity index (χ3n) is 2.97. The van der Waals surface area contributed by atoms with Gasteiger partial charge >= 0.3 is 0 Å². The summed E-state index contributed by atoms with van der Waals surface area (Å²) in [6.45, 7) is 0.527. The number of carbonyl (C=O) groups is 1. The van der Waals surface area contributed by atoms with Crippen molar-refractivity contribution in [1.29, 1.82) is 5.26 Å². The normalized spacial score (nSPS) is 9.95. The zero-order valence-electron chi connectivity index (χ0n) is 12.0. The summed E-state index contributed by atoms with van der Waals surface area (Å²) in [6.07, 6.45) is 0. The van der Waals surface area contributed by atoms with E-state index in [0.717, 1.165) is 17.1 Å². The van der Waals surface area contributed by atoms with Crippen LogP contribution in [0.3, 0.4) is 0 Å². The molecular weight excluding hydrogens is 296 g/mol. The van der Waals surface area contributed by atoms with E-state index >= 15 is 0 Å². The topological polar surface area (TPSA) is 76.1 Å². The van der Waals surface area contributed by atoms with Crippen LogP contribution in [0, 0.1) is 11.3 Å². The van der Waals surface area contributed by atoms with Gasteiger partial charge in [0.2, 0.25) is 5.91 Å². The van der Waals surface area contributed by atoms with Crippen LogP contribution in [0.2, 0.25) is 0 Å². The molecule has 0 saturated heterocycles. The van der Waals surface area contributed by atoms with Crippen molar-refractivity contribution >= 4 is 17.7 Å². The Morgan fingerprint density at radius 2 is 2.05 bits per heavy atom. The van der Waals surface area contributed by atoms with E-state index in [1.807, 2.05) is 24.3 Å². The van der Waals surface area contributed by atoms with Gasteiger partial charge in [-0.15, -0.1) is 0 Å². The van der Waals surface area contributed by atoms with Crippen molar-refractivity contribution in [3.63, 3.8) is 0 Å². The standard InChI is InChI=1S/C17H16N2O2S/c18-11-15-5-1-2-7-16(15)21-8-9-22-12-13-4-3-6-14(10-13)17(19)20/h1-7,10H,8-9,12H2,(H2,19,20). The van der Waals surface area contributed by atoms with Gasteiger partial charge in [0.1, 0.15) is 11.8 Å². The average Bonchev–Trinajstić information content (AvgIpc) is 2.55. The molecule has 112 valence electrons. The second kappa shape index (κ2) is 8.11. The molecule has 0 bridgehead atoms. The van der Waals surface area contributed by atoms with Crippen LogP contribution in [0.25, 0.3) is 0 Å². The number of nitriles is 1. The lowest BCUT2D eigenvalue weighted by molar-refractivity contribution is 0.1000. The van der Waals surface area contributed by atoms with E-state index in [2.05, 4.69) is 6.07 Å². The second-order valence-corrected chi connectivity index (χ2v) is 5.68. The number of amides is 1. The van der Waals surface area contributed by atoms with E-state index in [0.29, 0.717) is 23.5 Å². The third kappa shape index (κ3) is 4.54. The summed E-state index contributed by atoms with van der Waals surface area (Å²) < 4.78 is 5.61. The summed E-state index contributed by atoms with van der Waals surface area (Å²) in [5.41, 5.74) is 7.38. The summed E-state index contributed by atoms with van der Waals surface area (Å²) >= 11 is 1.70. The predicted octanol–water partition coefficient (Wildman–Crippen LogP) is 2.97. The maximum Gasteiger partial charge on any atom is 0.248 e. The van der Waals surface area contributed by atoms with Crippen molar-refractivity contribution in [2.45, 2.75) is 5.75 Å². The number of carbonyl (C=O) groups excluding carboxylic acids is 1. The molecule has 0 unspecified atom stereocenters. The molecular formula is C17H16N2O2S. The number of hydrogen-bond acceptors (Lipinski definition) is 4. The molecule has 2 rings (SSSR count). The van der Waals surface area contributed by atoms with Gasteiger partial charge in [-0.25, -0.2) is 0 Å². The SMILES string of the molecule is N#Cc1ccccc1OCCSCc1cccc(C(N)=O)c1. The van der Waals surface area contributed by atoms with Gasteiger partial charge in [-0.05, 0) is 29.8 Å². The smallest absolute Gasteiger partial charge is 0.248 e. The Labute approximate surface area is 133 Å². The molecule has 5 heteroatoms. The maximum atomic E-state index is 11.1. The summed E-state index contributed by atoms with van der Waals surface area (Å²) in [5, 5.41) is 8.97. The molecule has 1 amide bonds. The van der Waals surface area contributed by atoms with Gasteiger partial charge in [0, 0.05) is 17.1 Å². The lowest BCUT2D eigenvalue weighted by atomic mass is 10.1. The van der Waals surface area contributed by atoms with Crippen LogP contribution in [0.5, 0.6) is 5.75 Å². The number of ether oxygens (including phenoxy) is 1. The highest BCUT2D eigenvalue weighted by molar-refractivity contribution is 7.98. The number of nitrogens with zero attached hydrogens (tertiary/aromatic N) is 1. The Morgan fingerprint density at radius 3 is 2.82 bits per heavy atom. The molecule has 0 radical (unpaired) electrons. The van der Waals surface area contributed by atoms with E-state index in [9.17, 15) is 4.79 Å². The van der Waals surface area contributed by atoms with E-state index < -0.39 is 5.91 Å². The van der Waals surface area contributed by atoms with Gasteiger partial charge in [-0.2, -0.15) is 17.0 Å². The van der Waals surface area contributed by atoms with Crippen molar-refractivity contribution in [3.05, 3.63) is 65.2 Å². The minimum absolute atomic E-state index is 0.414. The number of hydrogen-bond donors (Lipinski definition) is 1. The van der Waals surface area contributed by atoms with Crippen LogP contribution in [-0.4, -0.2) is 18.3 Å². The number of thioether (sulfide) groups is 1. The summed E-state index contributed by atoms with van der Waals surface area (Å²) in [4.78, 5) is 11.1. The van der Waals surface area contributed by atoms with Crippen molar-refractivity contribution in [2.24, 2.45) is 5.73 Å². The molecule has 2 N–H and O–H groups in total. The largest absolute Gasteiger partial charge is 0.491 e. The fourth-order valence-electron chi connectivity index (χ4n) is 1.90. The quantitative estimate of drug-likeness (QED) is 0.797. The highest BCUT2D eigenvalue weighted by Gasteiger charge is 2.03. The maximum absolute atomic E-state index is 11.1. The van der Waals surface area contributed by atoms with Gasteiger partial charge < -0.3 is 10.5 Å². The van der Waals surface area contributed by atoms with Crippen LogP contribution in [-0.2, 0) is 5.75 Å². The summed E-state index contributed by atoms with van der Waals surface area (Å²) in [7, 11) is 0. The molecule has 0 saturated carbocycles. The van der Waals surface area contributed by atoms with Gasteiger partial charge in [0.05, 0.1) is 12.2 Å². The first kappa shape index (κ1) is 15.9. The van der Waals surface area contributed by atoms with E-state index in [1.165, 1.54) is 0 Å². The van der Waals surface area contributed by atoms with Crippen LogP contribution in [0.15, 0.2) is 48.5 Å². The number of primary amides is 1. The van der Waals surface area contributed by atoms with Gasteiger partial charge in [-0.1, -0.05) is 24.3 Å². The van der Waals surface area contributed by atoms with Crippen LogP contribution >= 0.6 is 11.8 Å². The van der Waals surface area contributed by atoms with Gasteiger partial charge in [0.25, 0.3) is 0 Å². The monoisotopic (exact) mass is 312 g/mol. The number of rotatable bonds is 7. The Balaban J connectivity index is 1.77. The van der Waals surface area contributed by atoms with Crippen LogP contribution in [0.4, 0.5) is 0 Å². The minimum Gasteiger partial charge on any atom is -0.491 e. The molecule has 22 heavy (non-hydrogen) atoms. The highest BCUT2D eigenvalue weighted by Crippen LogP contribution is 2.18. The molecule has 0 heterocycles. The number of benzene rings is 2. The fourth-order valence-corrected chi connectivity index (χ4v) is 2.66. The summed E-state index contributed by atoms with van der Waals surface area (Å²) in [5.74, 6) is 1.77. The fraction of sp³-hybridized carbons (Fsp3) is 0.176. The zero-order valence-corrected chi connectivity index (χ0v) is 12.8. The molecule has 2 aromatic rings. The Hall–Kier alpha value is -2.45. The van der Waals surface area contributed by atoms with Crippen molar-refractivity contribution in [3.8, 4) is 11.8 Å². The summed E-state index contributed by atoms with van der Waals surface area (Å²) in [6, 6.07) is 16.6. The Bertz CT molecular complexity index is 695. The van der Waals surface area contributed by atoms with Crippen molar-refractivity contribution in [2.75, 3.05) is 12.4 Å². The molecule has 0 aromatic heterocycles. The lowest BCUT2D eigenvalue weighted by Gasteiger charge is -2.07.